The predicted molar refractivity (Wildman–Crippen MR) is 112 cm³/mol. The maximum atomic E-state index is 12.6. The first-order valence-corrected chi connectivity index (χ1v) is 9.19. The Morgan fingerprint density at radius 1 is 0.931 bits per heavy atom. The molecule has 0 saturated heterocycles. The van der Waals surface area contributed by atoms with E-state index in [1.165, 1.54) is 4.57 Å². The fourth-order valence-corrected chi connectivity index (χ4v) is 3.28. The Hall–Kier alpha value is -3.93. The van der Waals surface area contributed by atoms with Gasteiger partial charge in [0.1, 0.15) is 5.84 Å². The van der Waals surface area contributed by atoms with E-state index in [9.17, 15) is 9.59 Å². The summed E-state index contributed by atoms with van der Waals surface area (Å²) < 4.78 is 6.66. The average Bonchev–Trinajstić information content (AvgIpc) is 3.06. The zero-order valence-corrected chi connectivity index (χ0v) is 15.6. The molecule has 3 N–H and O–H groups in total. The van der Waals surface area contributed by atoms with Crippen LogP contribution in [0.2, 0.25) is 0 Å². The number of hydrogen-bond donors (Lipinski definition) is 2. The van der Waals surface area contributed by atoms with Gasteiger partial charge >= 0.3 is 5.76 Å². The van der Waals surface area contributed by atoms with Gasteiger partial charge in [0.25, 0.3) is 0 Å². The molecular weight excluding hydrogens is 366 g/mol. The van der Waals surface area contributed by atoms with Crippen molar-refractivity contribution in [2.75, 3.05) is 0 Å². The molecule has 0 saturated carbocycles. The van der Waals surface area contributed by atoms with Crippen LogP contribution in [0.1, 0.15) is 22.3 Å². The van der Waals surface area contributed by atoms with Crippen LogP contribution >= 0.6 is 0 Å². The molecule has 1 aromatic heterocycles. The molecule has 0 aliphatic carbocycles. The lowest BCUT2D eigenvalue weighted by atomic mass is 10.0. The van der Waals surface area contributed by atoms with Crippen molar-refractivity contribution in [2.24, 2.45) is 5.73 Å². The van der Waals surface area contributed by atoms with E-state index in [0.717, 1.165) is 11.1 Å². The second kappa shape index (κ2) is 7.59. The van der Waals surface area contributed by atoms with Crippen LogP contribution in [-0.4, -0.2) is 16.2 Å². The smallest absolute Gasteiger partial charge is 0.408 e. The van der Waals surface area contributed by atoms with Gasteiger partial charge in [-0.2, -0.15) is 0 Å². The van der Waals surface area contributed by atoms with Gasteiger partial charge in [0.15, 0.2) is 11.4 Å². The summed E-state index contributed by atoms with van der Waals surface area (Å²) in [4.78, 5) is 24.8. The number of oxazole rings is 1. The minimum absolute atomic E-state index is 0.0498. The van der Waals surface area contributed by atoms with Crippen molar-refractivity contribution in [3.05, 3.63) is 94.5 Å². The summed E-state index contributed by atoms with van der Waals surface area (Å²) in [7, 11) is 0. The van der Waals surface area contributed by atoms with Crippen molar-refractivity contribution in [1.29, 1.82) is 5.41 Å². The second-order valence-electron chi connectivity index (χ2n) is 6.73. The summed E-state index contributed by atoms with van der Waals surface area (Å²) in [5.74, 6) is -0.685. The number of carbonyl (C=O) groups excluding carboxylic acids is 1. The quantitative estimate of drug-likeness (QED) is 0.299. The molecule has 4 aromatic rings. The van der Waals surface area contributed by atoms with Gasteiger partial charge in [-0.3, -0.25) is 14.8 Å². The van der Waals surface area contributed by atoms with Crippen LogP contribution in [0.5, 0.6) is 0 Å². The lowest BCUT2D eigenvalue weighted by Crippen LogP contribution is -2.16. The van der Waals surface area contributed by atoms with Crippen molar-refractivity contribution >= 4 is 22.7 Å². The number of nitrogens with two attached hydrogens (primary N) is 1. The van der Waals surface area contributed by atoms with E-state index in [1.54, 1.807) is 30.3 Å². The highest BCUT2D eigenvalue weighted by atomic mass is 16.4. The van der Waals surface area contributed by atoms with Gasteiger partial charge in [-0.25, -0.2) is 4.79 Å². The Morgan fingerprint density at radius 2 is 1.59 bits per heavy atom. The van der Waals surface area contributed by atoms with E-state index in [1.807, 2.05) is 42.5 Å². The summed E-state index contributed by atoms with van der Waals surface area (Å²) in [5.41, 5.74) is 9.61. The fraction of sp³-hybridized carbons (Fsp3) is 0.0870. The Balaban J connectivity index is 1.50. The predicted octanol–water partition coefficient (Wildman–Crippen LogP) is 3.82. The zero-order valence-electron chi connectivity index (χ0n) is 15.6. The minimum atomic E-state index is -0.534. The number of aromatic nitrogens is 1. The van der Waals surface area contributed by atoms with Crippen molar-refractivity contribution in [1.82, 2.24) is 4.57 Å². The number of fused-ring (bicyclic) bond motifs is 1. The normalized spacial score (nSPS) is 10.9. The molecule has 0 amide bonds. The number of hydrogen-bond acceptors (Lipinski definition) is 4. The molecule has 0 atom stereocenters. The van der Waals surface area contributed by atoms with E-state index in [-0.39, 0.29) is 24.6 Å². The molecule has 6 heteroatoms. The Kier molecular flexibility index (Phi) is 4.83. The summed E-state index contributed by atoms with van der Waals surface area (Å²) in [6, 6.07) is 22.3. The average molecular weight is 385 g/mol. The van der Waals surface area contributed by atoms with Crippen molar-refractivity contribution in [3.63, 3.8) is 0 Å². The van der Waals surface area contributed by atoms with Gasteiger partial charge in [-0.05, 0) is 29.3 Å². The summed E-state index contributed by atoms with van der Waals surface area (Å²) in [6.07, 6.45) is 0.174. The summed E-state index contributed by atoms with van der Waals surface area (Å²) >= 11 is 0. The molecule has 29 heavy (non-hydrogen) atoms. The number of carbonyl (C=O) groups is 1. The highest BCUT2D eigenvalue weighted by Crippen LogP contribution is 2.20. The molecule has 0 aliphatic rings. The molecule has 0 fully saturated rings. The molecule has 4 rings (SSSR count). The number of nitrogens with zero attached hydrogens (tertiary/aromatic N) is 1. The second-order valence-corrected chi connectivity index (χ2v) is 6.73. The molecule has 0 bridgehead atoms. The number of nitrogens with one attached hydrogen (secondary N) is 1. The van der Waals surface area contributed by atoms with Gasteiger partial charge in [0, 0.05) is 24.1 Å². The number of amidine groups is 1. The molecule has 0 spiro atoms. The van der Waals surface area contributed by atoms with Crippen LogP contribution in [-0.2, 0) is 6.54 Å². The maximum absolute atomic E-state index is 12.6. The van der Waals surface area contributed by atoms with Crippen molar-refractivity contribution in [2.45, 2.75) is 13.0 Å². The highest BCUT2D eigenvalue weighted by molar-refractivity contribution is 5.98. The number of ketones is 1. The van der Waals surface area contributed by atoms with E-state index < -0.39 is 5.76 Å². The van der Waals surface area contributed by atoms with Gasteiger partial charge < -0.3 is 10.2 Å². The third kappa shape index (κ3) is 3.73. The monoisotopic (exact) mass is 385 g/mol. The van der Waals surface area contributed by atoms with Crippen LogP contribution in [0.25, 0.3) is 22.2 Å². The van der Waals surface area contributed by atoms with Crippen molar-refractivity contribution < 1.29 is 9.21 Å². The first kappa shape index (κ1) is 18.4. The first-order chi connectivity index (χ1) is 14.0. The molecule has 144 valence electrons. The largest absolute Gasteiger partial charge is 0.419 e. The van der Waals surface area contributed by atoms with Gasteiger partial charge in [0.2, 0.25) is 0 Å². The lowest BCUT2D eigenvalue weighted by Gasteiger charge is -2.05. The zero-order chi connectivity index (χ0) is 20.4. The SMILES string of the molecule is N=C(N)c1ccc2c(c1)oc(=O)n2CCC(=O)c1ccc(-c2ccccc2)cc1. The van der Waals surface area contributed by atoms with Gasteiger partial charge in [-0.1, -0.05) is 54.6 Å². The molecule has 0 unspecified atom stereocenters. The number of nitrogen functional groups attached to an aromatic ring is 1. The third-order valence-electron chi connectivity index (χ3n) is 4.86. The van der Waals surface area contributed by atoms with E-state index >= 15 is 0 Å². The third-order valence-corrected chi connectivity index (χ3v) is 4.86. The van der Waals surface area contributed by atoms with Crippen LogP contribution < -0.4 is 11.5 Å². The maximum Gasteiger partial charge on any atom is 0.419 e. The topological polar surface area (TPSA) is 102 Å². The number of Topliss-reactive ketones (excluding diaryl/α,β-unsaturated/α-hetero) is 1. The number of aryl methyl sites for hydroxylation is 1. The Bertz CT molecular complexity index is 1250. The lowest BCUT2D eigenvalue weighted by molar-refractivity contribution is 0.0977. The molecule has 0 aliphatic heterocycles. The summed E-state index contributed by atoms with van der Waals surface area (Å²) in [5, 5.41) is 7.48. The Labute approximate surface area is 166 Å². The highest BCUT2D eigenvalue weighted by Gasteiger charge is 2.13. The molecular formula is C23H19N3O3. The van der Waals surface area contributed by atoms with Crippen LogP contribution in [0, 0.1) is 5.41 Å². The molecule has 6 nitrogen and oxygen atoms in total. The minimum Gasteiger partial charge on any atom is -0.408 e. The standard InChI is InChI=1S/C23H19N3O3/c24-22(25)18-10-11-19-21(14-18)29-23(28)26(19)13-12-20(27)17-8-6-16(7-9-17)15-4-2-1-3-5-15/h1-11,14H,12-13H2,(H3,24,25). The number of benzene rings is 3. The fourth-order valence-electron chi connectivity index (χ4n) is 3.28. The van der Waals surface area contributed by atoms with Gasteiger partial charge in [-0.15, -0.1) is 0 Å². The molecule has 1 heterocycles. The van der Waals surface area contributed by atoms with Gasteiger partial charge in [0.05, 0.1) is 5.52 Å². The molecule has 3 aromatic carbocycles. The van der Waals surface area contributed by atoms with E-state index in [2.05, 4.69) is 0 Å². The van der Waals surface area contributed by atoms with Crippen LogP contribution in [0.3, 0.4) is 0 Å². The van der Waals surface area contributed by atoms with E-state index in [0.29, 0.717) is 22.2 Å². The first-order valence-electron chi connectivity index (χ1n) is 9.19. The van der Waals surface area contributed by atoms with E-state index in [4.69, 9.17) is 15.6 Å². The van der Waals surface area contributed by atoms with Crippen molar-refractivity contribution in [3.8, 4) is 11.1 Å². The van der Waals surface area contributed by atoms with Crippen LogP contribution in [0.15, 0.2) is 82.0 Å². The molecule has 0 radical (unpaired) electrons. The number of rotatable bonds is 6. The van der Waals surface area contributed by atoms with Crippen LogP contribution in [0.4, 0.5) is 0 Å². The Morgan fingerprint density at radius 3 is 2.28 bits per heavy atom. The summed E-state index contributed by atoms with van der Waals surface area (Å²) in [6.45, 7) is 0.213.